The van der Waals surface area contributed by atoms with Crippen LogP contribution in [0, 0.1) is 18.6 Å². The third kappa shape index (κ3) is 4.51. The summed E-state index contributed by atoms with van der Waals surface area (Å²) in [5.74, 6) is -0.568. The molecule has 0 atom stereocenters. The standard InChI is InChI=1S/C33H26F2N4O5S/c1-17-12-28-31(26-14-20-23(35)6-5-7-24(20)39(26)16-43-28)37-30(17)21-13-22-27(15-25(21)38(3)45(4,41)42)44-32(29(22)33(40)36-2)18-8-10-19(34)11-9-18/h5-15H,16H2,1-4H3,(H,36,40). The van der Waals surface area contributed by atoms with Gasteiger partial charge in [0.1, 0.15) is 34.4 Å². The van der Waals surface area contributed by atoms with E-state index in [0.717, 1.165) is 10.6 Å². The topological polar surface area (TPSA) is 107 Å². The number of aryl methyl sites for hydroxylation is 1. The van der Waals surface area contributed by atoms with E-state index in [1.54, 1.807) is 30.3 Å². The number of halogens is 2. The second-order valence-electron chi connectivity index (χ2n) is 10.9. The number of carbonyl (C=O) groups excluding carboxylic acids is 1. The summed E-state index contributed by atoms with van der Waals surface area (Å²) in [5, 5.41) is 3.47. The molecule has 0 radical (unpaired) electrons. The van der Waals surface area contributed by atoms with E-state index in [1.807, 2.05) is 17.6 Å². The highest BCUT2D eigenvalue weighted by molar-refractivity contribution is 7.92. The molecule has 0 spiro atoms. The minimum Gasteiger partial charge on any atom is -0.470 e. The van der Waals surface area contributed by atoms with Gasteiger partial charge in [0.2, 0.25) is 10.0 Å². The monoisotopic (exact) mass is 628 g/mol. The lowest BCUT2D eigenvalue weighted by molar-refractivity contribution is 0.0964. The summed E-state index contributed by atoms with van der Waals surface area (Å²) < 4.78 is 69.4. The van der Waals surface area contributed by atoms with Crippen LogP contribution in [0.3, 0.4) is 0 Å². The van der Waals surface area contributed by atoms with E-state index in [9.17, 15) is 22.0 Å². The van der Waals surface area contributed by atoms with Crippen molar-refractivity contribution in [1.29, 1.82) is 0 Å². The first-order valence-corrected chi connectivity index (χ1v) is 15.8. The van der Waals surface area contributed by atoms with Crippen LogP contribution in [0.2, 0.25) is 0 Å². The minimum absolute atomic E-state index is 0.167. The number of anilines is 1. The summed E-state index contributed by atoms with van der Waals surface area (Å²) >= 11 is 0. The Labute approximate surface area is 256 Å². The predicted molar refractivity (Wildman–Crippen MR) is 168 cm³/mol. The van der Waals surface area contributed by atoms with Crippen molar-refractivity contribution in [2.24, 2.45) is 0 Å². The van der Waals surface area contributed by atoms with Gasteiger partial charge < -0.3 is 19.0 Å². The van der Waals surface area contributed by atoms with Gasteiger partial charge in [0, 0.05) is 42.1 Å². The van der Waals surface area contributed by atoms with Crippen molar-refractivity contribution in [3.05, 3.63) is 89.5 Å². The number of ether oxygens (including phenoxy) is 1. The molecule has 12 heteroatoms. The number of benzene rings is 3. The van der Waals surface area contributed by atoms with Crippen LogP contribution in [0.15, 0.2) is 71.1 Å². The van der Waals surface area contributed by atoms with Gasteiger partial charge in [0.15, 0.2) is 6.73 Å². The van der Waals surface area contributed by atoms with Gasteiger partial charge in [-0.15, -0.1) is 0 Å². The molecule has 228 valence electrons. The van der Waals surface area contributed by atoms with E-state index in [2.05, 4.69) is 5.32 Å². The van der Waals surface area contributed by atoms with E-state index in [4.69, 9.17) is 14.1 Å². The van der Waals surface area contributed by atoms with Crippen molar-refractivity contribution in [3.63, 3.8) is 0 Å². The smallest absolute Gasteiger partial charge is 0.255 e. The molecule has 0 fully saturated rings. The Hall–Kier alpha value is -5.23. The van der Waals surface area contributed by atoms with Crippen LogP contribution in [0.1, 0.15) is 15.9 Å². The second kappa shape index (κ2) is 10.2. The molecule has 0 unspecified atom stereocenters. The number of fused-ring (bicyclic) bond motifs is 6. The van der Waals surface area contributed by atoms with Crippen LogP contribution < -0.4 is 14.4 Å². The summed E-state index contributed by atoms with van der Waals surface area (Å²) in [6.07, 6.45) is 1.08. The highest BCUT2D eigenvalue weighted by Crippen LogP contribution is 2.45. The minimum atomic E-state index is -3.76. The Balaban J connectivity index is 1.52. The van der Waals surface area contributed by atoms with Crippen LogP contribution in [-0.2, 0) is 16.8 Å². The molecular formula is C33H26F2N4O5S. The molecule has 3 aromatic heterocycles. The van der Waals surface area contributed by atoms with E-state index in [0.29, 0.717) is 55.8 Å². The zero-order chi connectivity index (χ0) is 31.8. The number of nitrogens with one attached hydrogen (secondary N) is 1. The van der Waals surface area contributed by atoms with Crippen LogP contribution in [0.25, 0.3) is 55.8 Å². The SMILES string of the molecule is CNC(=O)c1c(-c2ccc(F)cc2)oc2cc(N(C)S(C)(=O)=O)c(-c3nc4c(cc3C)OCn3c-4cc4c(F)cccc43)cc12. The molecule has 1 amide bonds. The molecule has 0 saturated carbocycles. The number of furan rings is 1. The normalized spacial score (nSPS) is 12.6. The molecule has 0 saturated heterocycles. The summed E-state index contributed by atoms with van der Waals surface area (Å²) in [6, 6.07) is 17.1. The zero-order valence-corrected chi connectivity index (χ0v) is 25.4. The largest absolute Gasteiger partial charge is 0.470 e. The van der Waals surface area contributed by atoms with E-state index >= 15 is 0 Å². The lowest BCUT2D eigenvalue weighted by Crippen LogP contribution is -2.25. The number of nitrogens with zero attached hydrogens (tertiary/aromatic N) is 3. The van der Waals surface area contributed by atoms with Gasteiger partial charge >= 0.3 is 0 Å². The lowest BCUT2D eigenvalue weighted by atomic mass is 9.98. The fraction of sp³-hybridized carbons (Fsp3) is 0.152. The van der Waals surface area contributed by atoms with Crippen LogP contribution in [-0.4, -0.2) is 44.2 Å². The van der Waals surface area contributed by atoms with Crippen molar-refractivity contribution in [1.82, 2.24) is 14.9 Å². The fourth-order valence-electron chi connectivity index (χ4n) is 5.79. The molecule has 0 bridgehead atoms. The fourth-order valence-corrected chi connectivity index (χ4v) is 6.30. The maximum atomic E-state index is 14.7. The molecule has 1 aliphatic rings. The first kappa shape index (κ1) is 28.5. The van der Waals surface area contributed by atoms with Crippen LogP contribution >= 0.6 is 0 Å². The highest BCUT2D eigenvalue weighted by atomic mass is 32.2. The Morgan fingerprint density at radius 3 is 2.49 bits per heavy atom. The number of hydrogen-bond donors (Lipinski definition) is 1. The summed E-state index contributed by atoms with van der Waals surface area (Å²) in [6.45, 7) is 1.99. The Morgan fingerprint density at radius 1 is 1.02 bits per heavy atom. The molecule has 6 aromatic rings. The van der Waals surface area contributed by atoms with Gasteiger partial charge in [0.25, 0.3) is 5.91 Å². The third-order valence-corrected chi connectivity index (χ3v) is 9.31. The average molecular weight is 629 g/mol. The summed E-state index contributed by atoms with van der Waals surface area (Å²) in [7, 11) is -0.862. The molecule has 3 aromatic carbocycles. The van der Waals surface area contributed by atoms with E-state index in [1.165, 1.54) is 44.4 Å². The van der Waals surface area contributed by atoms with E-state index < -0.39 is 21.7 Å². The van der Waals surface area contributed by atoms with Gasteiger partial charge in [-0.2, -0.15) is 0 Å². The number of aromatic nitrogens is 2. The van der Waals surface area contributed by atoms with Crippen LogP contribution in [0.5, 0.6) is 5.75 Å². The maximum Gasteiger partial charge on any atom is 0.255 e. The van der Waals surface area contributed by atoms with E-state index in [-0.39, 0.29) is 35.1 Å². The maximum absolute atomic E-state index is 14.7. The molecule has 1 N–H and O–H groups in total. The molecule has 7 rings (SSSR count). The molecule has 45 heavy (non-hydrogen) atoms. The third-order valence-electron chi connectivity index (χ3n) is 8.12. The Kier molecular flexibility index (Phi) is 6.44. The van der Waals surface area contributed by atoms with Gasteiger partial charge in [0.05, 0.1) is 34.4 Å². The lowest BCUT2D eigenvalue weighted by Gasteiger charge is -2.24. The summed E-state index contributed by atoms with van der Waals surface area (Å²) in [5.41, 5.74) is 4.43. The van der Waals surface area contributed by atoms with Crippen LogP contribution in [0.4, 0.5) is 14.5 Å². The Morgan fingerprint density at radius 2 is 1.78 bits per heavy atom. The number of pyridine rings is 1. The summed E-state index contributed by atoms with van der Waals surface area (Å²) in [4.78, 5) is 18.3. The Bertz CT molecular complexity index is 2310. The van der Waals surface area contributed by atoms with Gasteiger partial charge in [-0.3, -0.25) is 9.10 Å². The number of carbonyl (C=O) groups is 1. The van der Waals surface area contributed by atoms with Gasteiger partial charge in [-0.25, -0.2) is 22.2 Å². The predicted octanol–water partition coefficient (Wildman–Crippen LogP) is 6.48. The van der Waals surface area contributed by atoms with Gasteiger partial charge in [-0.05, 0) is 67.1 Å². The molecule has 4 heterocycles. The number of amides is 1. The van der Waals surface area contributed by atoms with Crippen molar-refractivity contribution in [2.75, 3.05) is 24.7 Å². The molecule has 9 nitrogen and oxygen atoms in total. The number of sulfonamides is 1. The zero-order valence-electron chi connectivity index (χ0n) is 24.6. The van der Waals surface area contributed by atoms with Crippen molar-refractivity contribution in [3.8, 4) is 39.7 Å². The number of hydrogen-bond acceptors (Lipinski definition) is 6. The first-order chi connectivity index (χ1) is 21.5. The van der Waals surface area contributed by atoms with Gasteiger partial charge in [-0.1, -0.05) is 6.07 Å². The average Bonchev–Trinajstić information content (AvgIpc) is 3.58. The molecule has 0 aliphatic carbocycles. The molecular weight excluding hydrogens is 602 g/mol. The highest BCUT2D eigenvalue weighted by Gasteiger charge is 2.29. The quantitative estimate of drug-likeness (QED) is 0.234. The second-order valence-corrected chi connectivity index (χ2v) is 12.9. The van der Waals surface area contributed by atoms with Crippen molar-refractivity contribution >= 4 is 43.5 Å². The first-order valence-electron chi connectivity index (χ1n) is 13.9. The molecule has 1 aliphatic heterocycles. The van der Waals surface area contributed by atoms with Crippen molar-refractivity contribution < 1.29 is 31.1 Å². The number of rotatable bonds is 5. The van der Waals surface area contributed by atoms with Crippen molar-refractivity contribution in [2.45, 2.75) is 13.7 Å².